The van der Waals surface area contributed by atoms with Gasteiger partial charge in [-0.3, -0.25) is 19.7 Å². The highest BCUT2D eigenvalue weighted by Gasteiger charge is 2.27. The minimum absolute atomic E-state index is 0.202. The van der Waals surface area contributed by atoms with E-state index >= 15 is 0 Å². The molecule has 0 radical (unpaired) electrons. The van der Waals surface area contributed by atoms with Crippen molar-refractivity contribution >= 4 is 23.4 Å². The highest BCUT2D eigenvalue weighted by molar-refractivity contribution is 6.22. The molecule has 7 heteroatoms. The predicted molar refractivity (Wildman–Crippen MR) is 88.1 cm³/mol. The number of imide groups is 1. The van der Waals surface area contributed by atoms with Crippen LogP contribution in [0.5, 0.6) is 0 Å². The first-order valence-electron chi connectivity index (χ1n) is 7.42. The van der Waals surface area contributed by atoms with Crippen LogP contribution in [0.1, 0.15) is 31.1 Å². The Hall–Kier alpha value is -3.74. The number of rotatable bonds is 3. The number of nitrogens with one attached hydrogen (secondary N) is 2. The molecule has 0 bridgehead atoms. The molecule has 0 atom stereocenters. The Bertz CT molecular complexity index is 1010. The van der Waals surface area contributed by atoms with Crippen LogP contribution in [0.3, 0.4) is 0 Å². The van der Waals surface area contributed by atoms with Gasteiger partial charge in [-0.05, 0) is 30.3 Å². The fraction of sp³-hybridized carbons (Fsp3) is 0. The Kier molecular flexibility index (Phi) is 3.39. The third kappa shape index (κ3) is 2.67. The zero-order valence-corrected chi connectivity index (χ0v) is 12.8. The lowest BCUT2D eigenvalue weighted by Gasteiger charge is -2.07. The molecule has 1 aliphatic rings. The van der Waals surface area contributed by atoms with Crippen molar-refractivity contribution in [2.24, 2.45) is 0 Å². The number of hydrogen-bond acceptors (Lipinski definition) is 5. The molecule has 0 saturated heterocycles. The number of benzene rings is 2. The second-order valence-electron chi connectivity index (χ2n) is 5.44. The highest BCUT2D eigenvalue weighted by Crippen LogP contribution is 2.23. The van der Waals surface area contributed by atoms with E-state index in [2.05, 4.69) is 15.6 Å². The van der Waals surface area contributed by atoms with Crippen molar-refractivity contribution in [3.8, 4) is 11.3 Å². The quantitative estimate of drug-likeness (QED) is 0.717. The Morgan fingerprint density at radius 3 is 2.68 bits per heavy atom. The second-order valence-corrected chi connectivity index (χ2v) is 5.44. The van der Waals surface area contributed by atoms with E-state index in [1.807, 2.05) is 6.07 Å². The summed E-state index contributed by atoms with van der Waals surface area (Å²) < 4.78 is 5.24. The lowest BCUT2D eigenvalue weighted by atomic mass is 10.1. The predicted octanol–water partition coefficient (Wildman–Crippen LogP) is 2.48. The van der Waals surface area contributed by atoms with Crippen LogP contribution in [0, 0.1) is 0 Å². The number of hydrogen-bond donors (Lipinski definition) is 2. The van der Waals surface area contributed by atoms with E-state index in [0.717, 1.165) is 5.56 Å². The lowest BCUT2D eigenvalue weighted by molar-refractivity contribution is 0.0879. The molecule has 25 heavy (non-hydrogen) atoms. The van der Waals surface area contributed by atoms with Gasteiger partial charge in [0.05, 0.1) is 17.3 Å². The van der Waals surface area contributed by atoms with Crippen molar-refractivity contribution in [2.45, 2.75) is 0 Å². The molecule has 2 heterocycles. The topological polar surface area (TPSA) is 101 Å². The third-order valence-electron chi connectivity index (χ3n) is 3.84. The Balaban J connectivity index is 1.59. The summed E-state index contributed by atoms with van der Waals surface area (Å²) in [5.74, 6) is -0.748. The summed E-state index contributed by atoms with van der Waals surface area (Å²) in [6.45, 7) is 0. The van der Waals surface area contributed by atoms with Gasteiger partial charge in [0.15, 0.2) is 12.2 Å². The number of amides is 3. The number of aromatic nitrogens is 1. The number of nitrogens with zero attached hydrogens (tertiary/aromatic N) is 1. The van der Waals surface area contributed by atoms with E-state index < -0.39 is 11.8 Å². The zero-order chi connectivity index (χ0) is 17.4. The maximum Gasteiger partial charge on any atom is 0.258 e. The van der Waals surface area contributed by atoms with Crippen LogP contribution in [-0.2, 0) is 0 Å². The first-order valence-corrected chi connectivity index (χ1v) is 7.42. The summed E-state index contributed by atoms with van der Waals surface area (Å²) in [5, 5.41) is 4.96. The molecule has 0 aliphatic carbocycles. The molecule has 7 nitrogen and oxygen atoms in total. The SMILES string of the molecule is O=C(Nc1cccc(-c2cnco2)c1)c1ccc2c(c1)C(=O)NC2=O. The molecule has 1 aliphatic heterocycles. The van der Waals surface area contributed by atoms with Gasteiger partial charge in [-0.15, -0.1) is 0 Å². The van der Waals surface area contributed by atoms with Crippen LogP contribution in [0.2, 0.25) is 0 Å². The molecule has 0 saturated carbocycles. The van der Waals surface area contributed by atoms with E-state index in [1.54, 1.807) is 24.4 Å². The summed E-state index contributed by atoms with van der Waals surface area (Å²) in [6, 6.07) is 11.5. The van der Waals surface area contributed by atoms with Crippen LogP contribution in [0.25, 0.3) is 11.3 Å². The Morgan fingerprint density at radius 2 is 1.88 bits per heavy atom. The summed E-state index contributed by atoms with van der Waals surface area (Å²) in [4.78, 5) is 39.6. The monoisotopic (exact) mass is 333 g/mol. The standard InChI is InChI=1S/C18H11N3O4/c22-16(11-4-5-13-14(7-11)18(24)21-17(13)23)20-12-3-1-2-10(6-12)15-8-19-9-25-15/h1-9H,(H,20,22)(H,21,23,24). The first kappa shape index (κ1) is 14.8. The number of anilines is 1. The Labute approximate surface area is 141 Å². The second kappa shape index (κ2) is 5.72. The highest BCUT2D eigenvalue weighted by atomic mass is 16.3. The first-order chi connectivity index (χ1) is 12.1. The van der Waals surface area contributed by atoms with Gasteiger partial charge in [0.25, 0.3) is 17.7 Å². The summed E-state index contributed by atoms with van der Waals surface area (Å²) in [6.07, 6.45) is 2.91. The van der Waals surface area contributed by atoms with Crippen LogP contribution in [-0.4, -0.2) is 22.7 Å². The van der Waals surface area contributed by atoms with Crippen molar-refractivity contribution in [2.75, 3.05) is 5.32 Å². The van der Waals surface area contributed by atoms with Crippen molar-refractivity contribution in [3.63, 3.8) is 0 Å². The zero-order valence-electron chi connectivity index (χ0n) is 12.8. The van der Waals surface area contributed by atoms with Crippen molar-refractivity contribution in [3.05, 3.63) is 71.7 Å². The summed E-state index contributed by atoms with van der Waals surface area (Å²) in [5.41, 5.74) is 2.10. The number of fused-ring (bicyclic) bond motifs is 1. The molecule has 0 spiro atoms. The normalized spacial score (nSPS) is 12.6. The van der Waals surface area contributed by atoms with Gasteiger partial charge in [-0.1, -0.05) is 12.1 Å². The van der Waals surface area contributed by atoms with E-state index in [9.17, 15) is 14.4 Å². The van der Waals surface area contributed by atoms with Crippen LogP contribution in [0.4, 0.5) is 5.69 Å². The van der Waals surface area contributed by atoms with Gasteiger partial charge < -0.3 is 9.73 Å². The maximum atomic E-state index is 12.4. The van der Waals surface area contributed by atoms with Gasteiger partial charge in [-0.2, -0.15) is 0 Å². The average Bonchev–Trinajstić information content (AvgIpc) is 3.24. The van der Waals surface area contributed by atoms with Gasteiger partial charge in [0.1, 0.15) is 0 Å². The molecule has 2 N–H and O–H groups in total. The van der Waals surface area contributed by atoms with E-state index in [1.165, 1.54) is 24.6 Å². The van der Waals surface area contributed by atoms with Crippen LogP contribution < -0.4 is 10.6 Å². The van der Waals surface area contributed by atoms with Crippen molar-refractivity contribution in [1.29, 1.82) is 0 Å². The molecule has 2 aromatic carbocycles. The average molecular weight is 333 g/mol. The third-order valence-corrected chi connectivity index (χ3v) is 3.84. The van der Waals surface area contributed by atoms with E-state index in [-0.39, 0.29) is 22.6 Å². The minimum Gasteiger partial charge on any atom is -0.444 e. The fourth-order valence-corrected chi connectivity index (χ4v) is 2.62. The van der Waals surface area contributed by atoms with Gasteiger partial charge in [0.2, 0.25) is 0 Å². The van der Waals surface area contributed by atoms with Crippen molar-refractivity contribution in [1.82, 2.24) is 10.3 Å². The van der Waals surface area contributed by atoms with Gasteiger partial charge >= 0.3 is 0 Å². The summed E-state index contributed by atoms with van der Waals surface area (Å²) >= 11 is 0. The van der Waals surface area contributed by atoms with E-state index in [4.69, 9.17) is 4.42 Å². The lowest BCUT2D eigenvalue weighted by Crippen LogP contribution is -2.19. The molecule has 122 valence electrons. The molecule has 0 unspecified atom stereocenters. The fourth-order valence-electron chi connectivity index (χ4n) is 2.62. The van der Waals surface area contributed by atoms with Crippen LogP contribution >= 0.6 is 0 Å². The van der Waals surface area contributed by atoms with Crippen molar-refractivity contribution < 1.29 is 18.8 Å². The maximum absolute atomic E-state index is 12.4. The summed E-state index contributed by atoms with van der Waals surface area (Å²) in [7, 11) is 0. The molecule has 1 aromatic heterocycles. The van der Waals surface area contributed by atoms with Crippen LogP contribution in [0.15, 0.2) is 59.5 Å². The minimum atomic E-state index is -0.498. The molecule has 3 aromatic rings. The molecular formula is C18H11N3O4. The smallest absolute Gasteiger partial charge is 0.258 e. The number of carbonyl (C=O) groups is 3. The van der Waals surface area contributed by atoms with Gasteiger partial charge in [0, 0.05) is 16.8 Å². The number of carbonyl (C=O) groups excluding carboxylic acids is 3. The molecule has 4 rings (SSSR count). The molecule has 0 fully saturated rings. The largest absolute Gasteiger partial charge is 0.444 e. The van der Waals surface area contributed by atoms with Gasteiger partial charge in [-0.25, -0.2) is 4.98 Å². The molecule has 3 amide bonds. The van der Waals surface area contributed by atoms with E-state index in [0.29, 0.717) is 11.4 Å². The number of oxazole rings is 1. The molecular weight excluding hydrogens is 322 g/mol. The Morgan fingerprint density at radius 1 is 1.04 bits per heavy atom.